The Morgan fingerprint density at radius 3 is 2.36 bits per heavy atom. The Morgan fingerprint density at radius 1 is 1.14 bits per heavy atom. The van der Waals surface area contributed by atoms with Crippen LogP contribution in [-0.4, -0.2) is 27.5 Å². The van der Waals surface area contributed by atoms with Crippen molar-refractivity contribution in [3.63, 3.8) is 0 Å². The maximum atomic E-state index is 9.96. The van der Waals surface area contributed by atoms with Crippen molar-refractivity contribution in [1.82, 2.24) is 15.1 Å². The molecule has 120 valence electrons. The summed E-state index contributed by atoms with van der Waals surface area (Å²) in [6, 6.07) is 10.3. The molecule has 0 aliphatic rings. The number of aromatic nitrogens is 2. The van der Waals surface area contributed by atoms with Crippen LogP contribution in [0.1, 0.15) is 43.8 Å². The summed E-state index contributed by atoms with van der Waals surface area (Å²) in [6.45, 7) is 10.9. The topological polar surface area (TPSA) is 50.1 Å². The number of nitrogens with zero attached hydrogens (tertiary/aromatic N) is 2. The first-order chi connectivity index (χ1) is 10.4. The molecule has 0 fully saturated rings. The third kappa shape index (κ3) is 3.57. The standard InChI is InChI=1S/C18H27N3O/c1-12(2)17(22)11-19-13(3)18-14(4)20-21(15(18)5)16-9-7-6-8-10-16/h6-10,12-13,17,19,22H,11H2,1-5H3. The van der Waals surface area contributed by atoms with Crippen LogP contribution in [0.15, 0.2) is 30.3 Å². The maximum Gasteiger partial charge on any atom is 0.0687 e. The Kier molecular flexibility index (Phi) is 5.37. The highest BCUT2D eigenvalue weighted by molar-refractivity contribution is 5.38. The largest absolute Gasteiger partial charge is 0.392 e. The highest BCUT2D eigenvalue weighted by Crippen LogP contribution is 2.24. The van der Waals surface area contributed by atoms with Crippen LogP contribution in [0, 0.1) is 19.8 Å². The van der Waals surface area contributed by atoms with Gasteiger partial charge in [-0.15, -0.1) is 0 Å². The Labute approximate surface area is 133 Å². The van der Waals surface area contributed by atoms with Gasteiger partial charge in [-0.05, 0) is 38.8 Å². The van der Waals surface area contributed by atoms with Gasteiger partial charge in [0.15, 0.2) is 0 Å². The molecular formula is C18H27N3O. The second kappa shape index (κ2) is 7.07. The summed E-state index contributed by atoms with van der Waals surface area (Å²) in [5.74, 6) is 0.258. The summed E-state index contributed by atoms with van der Waals surface area (Å²) in [5, 5.41) is 18.1. The van der Waals surface area contributed by atoms with E-state index in [-0.39, 0.29) is 18.1 Å². The molecule has 2 aromatic rings. The lowest BCUT2D eigenvalue weighted by Crippen LogP contribution is -2.32. The summed E-state index contributed by atoms with van der Waals surface area (Å²) >= 11 is 0. The molecule has 22 heavy (non-hydrogen) atoms. The van der Waals surface area contributed by atoms with Crippen LogP contribution in [-0.2, 0) is 0 Å². The van der Waals surface area contributed by atoms with Gasteiger partial charge in [-0.25, -0.2) is 4.68 Å². The summed E-state index contributed by atoms with van der Waals surface area (Å²) in [7, 11) is 0. The van der Waals surface area contributed by atoms with Gasteiger partial charge in [0, 0.05) is 23.8 Å². The molecule has 4 nitrogen and oxygen atoms in total. The Balaban J connectivity index is 2.20. The SMILES string of the molecule is Cc1nn(-c2ccccc2)c(C)c1C(C)NCC(O)C(C)C. The van der Waals surface area contributed by atoms with Gasteiger partial charge < -0.3 is 10.4 Å². The van der Waals surface area contributed by atoms with E-state index in [4.69, 9.17) is 0 Å². The van der Waals surface area contributed by atoms with Gasteiger partial charge in [-0.2, -0.15) is 5.10 Å². The van der Waals surface area contributed by atoms with Crippen LogP contribution in [0.25, 0.3) is 5.69 Å². The van der Waals surface area contributed by atoms with Crippen LogP contribution in [0.3, 0.4) is 0 Å². The van der Waals surface area contributed by atoms with Gasteiger partial charge in [-0.3, -0.25) is 0 Å². The summed E-state index contributed by atoms with van der Waals surface area (Å²) in [6.07, 6.45) is -0.327. The van der Waals surface area contributed by atoms with E-state index in [0.29, 0.717) is 6.54 Å². The average Bonchev–Trinajstić information content (AvgIpc) is 2.80. The van der Waals surface area contributed by atoms with Crippen molar-refractivity contribution >= 4 is 0 Å². The van der Waals surface area contributed by atoms with E-state index in [1.807, 2.05) is 43.7 Å². The summed E-state index contributed by atoms with van der Waals surface area (Å²) in [4.78, 5) is 0. The number of nitrogens with one attached hydrogen (secondary N) is 1. The number of aliphatic hydroxyl groups is 1. The van der Waals surface area contributed by atoms with Crippen molar-refractivity contribution in [3.05, 3.63) is 47.3 Å². The van der Waals surface area contributed by atoms with Crippen LogP contribution in [0.2, 0.25) is 0 Å². The lowest BCUT2D eigenvalue weighted by atomic mass is 10.0. The third-order valence-electron chi connectivity index (χ3n) is 4.18. The molecule has 0 radical (unpaired) electrons. The molecule has 2 unspecified atom stereocenters. The van der Waals surface area contributed by atoms with Gasteiger partial charge >= 0.3 is 0 Å². The molecule has 0 aliphatic heterocycles. The predicted molar refractivity (Wildman–Crippen MR) is 90.3 cm³/mol. The van der Waals surface area contributed by atoms with Crippen LogP contribution in [0.5, 0.6) is 0 Å². The lowest BCUT2D eigenvalue weighted by Gasteiger charge is -2.20. The van der Waals surface area contributed by atoms with Crippen LogP contribution < -0.4 is 5.32 Å². The molecule has 2 N–H and O–H groups in total. The van der Waals surface area contributed by atoms with Gasteiger partial charge in [0.25, 0.3) is 0 Å². The van der Waals surface area contributed by atoms with Crippen LogP contribution >= 0.6 is 0 Å². The van der Waals surface area contributed by atoms with Gasteiger partial charge in [-0.1, -0.05) is 32.0 Å². The zero-order valence-corrected chi connectivity index (χ0v) is 14.2. The van der Waals surface area contributed by atoms with Crippen molar-refractivity contribution in [2.24, 2.45) is 5.92 Å². The second-order valence-electron chi connectivity index (χ2n) is 6.27. The third-order valence-corrected chi connectivity index (χ3v) is 4.18. The first-order valence-corrected chi connectivity index (χ1v) is 7.94. The number of hydrogen-bond donors (Lipinski definition) is 2. The minimum Gasteiger partial charge on any atom is -0.392 e. The fraction of sp³-hybridized carbons (Fsp3) is 0.500. The number of aryl methyl sites for hydroxylation is 1. The number of benzene rings is 1. The van der Waals surface area contributed by atoms with E-state index in [2.05, 4.69) is 36.4 Å². The van der Waals surface area contributed by atoms with Crippen molar-refractivity contribution in [2.45, 2.75) is 46.8 Å². The molecule has 1 aromatic heterocycles. The highest BCUT2D eigenvalue weighted by Gasteiger charge is 2.19. The Hall–Kier alpha value is -1.65. The van der Waals surface area contributed by atoms with E-state index in [9.17, 15) is 5.11 Å². The molecule has 2 atom stereocenters. The highest BCUT2D eigenvalue weighted by atomic mass is 16.3. The van der Waals surface area contributed by atoms with Gasteiger partial charge in [0.05, 0.1) is 17.5 Å². The second-order valence-corrected chi connectivity index (χ2v) is 6.27. The molecule has 1 heterocycles. The van der Waals surface area contributed by atoms with Crippen molar-refractivity contribution < 1.29 is 5.11 Å². The monoisotopic (exact) mass is 301 g/mol. The van der Waals surface area contributed by atoms with Gasteiger partial charge in [0.2, 0.25) is 0 Å². The van der Waals surface area contributed by atoms with Crippen molar-refractivity contribution in [1.29, 1.82) is 0 Å². The fourth-order valence-corrected chi connectivity index (χ4v) is 2.74. The maximum absolute atomic E-state index is 9.96. The summed E-state index contributed by atoms with van der Waals surface area (Å²) in [5.41, 5.74) is 4.45. The predicted octanol–water partition coefficient (Wildman–Crippen LogP) is 3.16. The zero-order chi connectivity index (χ0) is 16.3. The first kappa shape index (κ1) is 16.7. The summed E-state index contributed by atoms with van der Waals surface area (Å²) < 4.78 is 1.99. The number of rotatable bonds is 6. The average molecular weight is 301 g/mol. The molecule has 4 heteroatoms. The Morgan fingerprint density at radius 2 is 1.77 bits per heavy atom. The van der Waals surface area contributed by atoms with E-state index < -0.39 is 0 Å². The number of hydrogen-bond acceptors (Lipinski definition) is 3. The van der Waals surface area contributed by atoms with E-state index in [1.54, 1.807) is 0 Å². The van der Waals surface area contributed by atoms with E-state index >= 15 is 0 Å². The fourth-order valence-electron chi connectivity index (χ4n) is 2.74. The van der Waals surface area contributed by atoms with E-state index in [1.165, 1.54) is 5.56 Å². The number of aliphatic hydroxyl groups excluding tert-OH is 1. The van der Waals surface area contributed by atoms with Crippen molar-refractivity contribution in [2.75, 3.05) is 6.54 Å². The molecule has 0 aliphatic carbocycles. The molecule has 0 bridgehead atoms. The quantitative estimate of drug-likeness (QED) is 0.861. The molecule has 0 saturated heterocycles. The van der Waals surface area contributed by atoms with Crippen LogP contribution in [0.4, 0.5) is 0 Å². The molecule has 0 amide bonds. The number of para-hydroxylation sites is 1. The van der Waals surface area contributed by atoms with Crippen molar-refractivity contribution in [3.8, 4) is 5.69 Å². The normalized spacial score (nSPS) is 14.3. The lowest BCUT2D eigenvalue weighted by molar-refractivity contribution is 0.120. The zero-order valence-electron chi connectivity index (χ0n) is 14.2. The molecule has 0 saturated carbocycles. The molecule has 0 spiro atoms. The molecular weight excluding hydrogens is 274 g/mol. The molecule has 2 rings (SSSR count). The minimum absolute atomic E-state index is 0.158. The minimum atomic E-state index is -0.327. The van der Waals surface area contributed by atoms with E-state index in [0.717, 1.165) is 17.1 Å². The Bertz CT molecular complexity index is 604. The van der Waals surface area contributed by atoms with Gasteiger partial charge in [0.1, 0.15) is 0 Å². The molecule has 1 aromatic carbocycles. The first-order valence-electron chi connectivity index (χ1n) is 7.94. The smallest absolute Gasteiger partial charge is 0.0687 e.